The summed E-state index contributed by atoms with van der Waals surface area (Å²) in [6, 6.07) is 11.3. The minimum absolute atomic E-state index is 0.506. The molecule has 0 saturated carbocycles. The van der Waals surface area contributed by atoms with Gasteiger partial charge in [-0.2, -0.15) is 10.2 Å². The standard InChI is InChI=1S/C10H13N5.C7H9BrN2.C3H5N3/c1-14(2)10-4-3-8(7-12-10)15-6-5-9(11)13-15;1-10(2)7-4-3-6(8)5-9-7;4-3-1-2-5-6-3/h3-7H,1-2H3,(H2,11,13);3-5H,1-2H3;1-2H,(H3,4,5,6). The maximum absolute atomic E-state index is 5.53. The molecule has 0 spiro atoms. The average molecular weight is 487 g/mol. The molecule has 5 N–H and O–H groups in total. The second-order valence-corrected chi connectivity index (χ2v) is 7.61. The Morgan fingerprint density at radius 1 is 0.871 bits per heavy atom. The van der Waals surface area contributed by atoms with Crippen LogP contribution in [0.3, 0.4) is 0 Å². The zero-order chi connectivity index (χ0) is 22.8. The third kappa shape index (κ3) is 7.97. The van der Waals surface area contributed by atoms with Gasteiger partial charge in [0.25, 0.3) is 0 Å². The Kier molecular flexibility index (Phi) is 8.82. The van der Waals surface area contributed by atoms with E-state index in [4.69, 9.17) is 11.5 Å². The third-order valence-electron chi connectivity index (χ3n) is 3.76. The Morgan fingerprint density at radius 3 is 1.87 bits per heavy atom. The van der Waals surface area contributed by atoms with Crippen molar-refractivity contribution in [1.82, 2.24) is 29.9 Å². The number of halogens is 1. The maximum atomic E-state index is 5.53. The Bertz CT molecular complexity index is 1010. The van der Waals surface area contributed by atoms with Crippen LogP contribution in [0.4, 0.5) is 23.3 Å². The summed E-state index contributed by atoms with van der Waals surface area (Å²) in [5.41, 5.74) is 11.6. The number of anilines is 4. The highest BCUT2D eigenvalue weighted by Gasteiger charge is 2.00. The number of nitrogens with one attached hydrogen (secondary N) is 1. The average Bonchev–Trinajstić information content (AvgIpc) is 3.40. The van der Waals surface area contributed by atoms with Crippen molar-refractivity contribution >= 4 is 39.2 Å². The largest absolute Gasteiger partial charge is 0.384 e. The lowest BCUT2D eigenvalue weighted by atomic mass is 10.4. The highest BCUT2D eigenvalue weighted by molar-refractivity contribution is 9.10. The van der Waals surface area contributed by atoms with E-state index in [1.165, 1.54) is 0 Å². The molecule has 10 nitrogen and oxygen atoms in total. The predicted octanol–water partition coefficient (Wildman–Crippen LogP) is 2.82. The zero-order valence-electron chi connectivity index (χ0n) is 17.9. The van der Waals surface area contributed by atoms with Crippen LogP contribution in [0, 0.1) is 0 Å². The third-order valence-corrected chi connectivity index (χ3v) is 4.23. The first-order chi connectivity index (χ1) is 14.8. The minimum atomic E-state index is 0.506. The van der Waals surface area contributed by atoms with Gasteiger partial charge in [0, 0.05) is 51.1 Å². The molecule has 0 aromatic carbocycles. The van der Waals surface area contributed by atoms with Gasteiger partial charge in [-0.05, 0) is 46.3 Å². The number of pyridine rings is 2. The molecule has 164 valence electrons. The molecule has 0 unspecified atom stereocenters. The van der Waals surface area contributed by atoms with Gasteiger partial charge >= 0.3 is 0 Å². The fourth-order valence-electron chi connectivity index (χ4n) is 2.16. The van der Waals surface area contributed by atoms with Gasteiger partial charge in [0.15, 0.2) is 0 Å². The fraction of sp³-hybridized carbons (Fsp3) is 0.200. The van der Waals surface area contributed by atoms with Crippen LogP contribution in [0.2, 0.25) is 0 Å². The van der Waals surface area contributed by atoms with Crippen molar-refractivity contribution in [1.29, 1.82) is 0 Å². The molecule has 0 aliphatic rings. The van der Waals surface area contributed by atoms with Crippen molar-refractivity contribution in [3.05, 3.63) is 65.7 Å². The molecule has 0 amide bonds. The molecule has 0 radical (unpaired) electrons. The lowest BCUT2D eigenvalue weighted by Gasteiger charge is -2.11. The monoisotopic (exact) mass is 486 g/mol. The number of nitrogens with zero attached hydrogens (tertiary/aromatic N) is 7. The van der Waals surface area contributed by atoms with Gasteiger partial charge in [0.05, 0.1) is 18.1 Å². The van der Waals surface area contributed by atoms with Crippen LogP contribution in [0.15, 0.2) is 65.7 Å². The Hall–Kier alpha value is -3.60. The van der Waals surface area contributed by atoms with Gasteiger partial charge in [-0.15, -0.1) is 0 Å². The van der Waals surface area contributed by atoms with E-state index in [2.05, 4.69) is 41.2 Å². The quantitative estimate of drug-likeness (QED) is 0.402. The molecule has 0 bridgehead atoms. The van der Waals surface area contributed by atoms with E-state index in [9.17, 15) is 0 Å². The summed E-state index contributed by atoms with van der Waals surface area (Å²) in [5, 5.41) is 10.2. The number of nitrogen functional groups attached to an aromatic ring is 2. The maximum Gasteiger partial charge on any atom is 0.145 e. The number of H-pyrrole nitrogens is 1. The normalized spacial score (nSPS) is 9.71. The molecule has 0 aliphatic heterocycles. The van der Waals surface area contributed by atoms with E-state index >= 15 is 0 Å². The van der Waals surface area contributed by atoms with E-state index in [0.717, 1.165) is 21.8 Å². The highest BCUT2D eigenvalue weighted by atomic mass is 79.9. The van der Waals surface area contributed by atoms with Crippen molar-refractivity contribution in [3.63, 3.8) is 0 Å². The summed E-state index contributed by atoms with van der Waals surface area (Å²) in [6.45, 7) is 0. The molecule has 0 aliphatic carbocycles. The summed E-state index contributed by atoms with van der Waals surface area (Å²) >= 11 is 3.31. The summed E-state index contributed by atoms with van der Waals surface area (Å²) in [5.74, 6) is 3.00. The molecular formula is C20H27BrN10. The summed E-state index contributed by atoms with van der Waals surface area (Å²) in [4.78, 5) is 12.4. The van der Waals surface area contributed by atoms with Gasteiger partial charge in [0.2, 0.25) is 0 Å². The van der Waals surface area contributed by atoms with Gasteiger partial charge in [0.1, 0.15) is 23.3 Å². The molecule has 4 aromatic rings. The lowest BCUT2D eigenvalue weighted by molar-refractivity contribution is 0.877. The number of aromatic nitrogens is 6. The van der Waals surface area contributed by atoms with Crippen LogP contribution in [-0.2, 0) is 0 Å². The van der Waals surface area contributed by atoms with E-state index in [-0.39, 0.29) is 0 Å². The van der Waals surface area contributed by atoms with Gasteiger partial charge in [-0.25, -0.2) is 14.6 Å². The number of hydrogen-bond acceptors (Lipinski definition) is 8. The first-order valence-electron chi connectivity index (χ1n) is 9.25. The van der Waals surface area contributed by atoms with Crippen molar-refractivity contribution in [2.24, 2.45) is 0 Å². The second kappa shape index (κ2) is 11.6. The number of hydrogen-bond donors (Lipinski definition) is 3. The van der Waals surface area contributed by atoms with Crippen molar-refractivity contribution in [2.75, 3.05) is 49.5 Å². The molecule has 4 heterocycles. The van der Waals surface area contributed by atoms with E-state index in [1.807, 2.05) is 68.5 Å². The fourth-order valence-corrected chi connectivity index (χ4v) is 2.39. The van der Waals surface area contributed by atoms with Gasteiger partial charge in [-0.1, -0.05) is 0 Å². The molecule has 0 saturated heterocycles. The van der Waals surface area contributed by atoms with Crippen molar-refractivity contribution in [3.8, 4) is 5.69 Å². The highest BCUT2D eigenvalue weighted by Crippen LogP contribution is 2.12. The Labute approximate surface area is 190 Å². The van der Waals surface area contributed by atoms with Crippen molar-refractivity contribution in [2.45, 2.75) is 0 Å². The predicted molar refractivity (Wildman–Crippen MR) is 129 cm³/mol. The number of nitrogens with two attached hydrogens (primary N) is 2. The molecule has 4 rings (SSSR count). The lowest BCUT2D eigenvalue weighted by Crippen LogP contribution is -2.10. The zero-order valence-corrected chi connectivity index (χ0v) is 19.5. The first kappa shape index (κ1) is 23.7. The molecule has 0 fully saturated rings. The van der Waals surface area contributed by atoms with Crippen LogP contribution < -0.4 is 21.3 Å². The van der Waals surface area contributed by atoms with Crippen LogP contribution in [-0.4, -0.2) is 58.1 Å². The molecule has 0 atom stereocenters. The Balaban J connectivity index is 0.000000183. The summed E-state index contributed by atoms with van der Waals surface area (Å²) < 4.78 is 2.71. The van der Waals surface area contributed by atoms with Crippen LogP contribution in [0.5, 0.6) is 0 Å². The van der Waals surface area contributed by atoms with Crippen LogP contribution >= 0.6 is 15.9 Å². The SMILES string of the molecule is CN(C)c1ccc(-n2ccc(N)n2)cn1.CN(C)c1ccc(Br)cn1.Nc1ccn[nH]1. The summed E-state index contributed by atoms with van der Waals surface area (Å²) in [6.07, 6.45) is 6.97. The molecule has 11 heteroatoms. The minimum Gasteiger partial charge on any atom is -0.384 e. The van der Waals surface area contributed by atoms with Gasteiger partial charge < -0.3 is 21.3 Å². The topological polar surface area (TPSA) is 131 Å². The molecule has 31 heavy (non-hydrogen) atoms. The number of rotatable bonds is 3. The van der Waals surface area contributed by atoms with Gasteiger partial charge in [-0.3, -0.25) is 5.10 Å². The van der Waals surface area contributed by atoms with Crippen LogP contribution in [0.1, 0.15) is 0 Å². The Morgan fingerprint density at radius 2 is 1.52 bits per heavy atom. The molecular weight excluding hydrogens is 460 g/mol. The summed E-state index contributed by atoms with van der Waals surface area (Å²) in [7, 11) is 7.84. The number of aromatic amines is 1. The molecule has 4 aromatic heterocycles. The second-order valence-electron chi connectivity index (χ2n) is 6.70. The van der Waals surface area contributed by atoms with E-state index in [1.54, 1.807) is 35.4 Å². The first-order valence-corrected chi connectivity index (χ1v) is 10.0. The van der Waals surface area contributed by atoms with Crippen LogP contribution in [0.25, 0.3) is 5.69 Å². The van der Waals surface area contributed by atoms with E-state index < -0.39 is 0 Å². The smallest absolute Gasteiger partial charge is 0.145 e. The van der Waals surface area contributed by atoms with Crippen molar-refractivity contribution < 1.29 is 0 Å². The van der Waals surface area contributed by atoms with E-state index in [0.29, 0.717) is 11.6 Å².